The fraction of sp³-hybridized carbons (Fsp3) is 0.700. The van der Waals surface area contributed by atoms with E-state index in [1.54, 1.807) is 13.0 Å². The number of piperidine rings is 1. The van der Waals surface area contributed by atoms with Crippen LogP contribution in [0.15, 0.2) is 22.0 Å². The summed E-state index contributed by atoms with van der Waals surface area (Å²) in [6.45, 7) is 11.1. The predicted octanol–water partition coefficient (Wildman–Crippen LogP) is 4.89. The van der Waals surface area contributed by atoms with E-state index in [4.69, 9.17) is 11.6 Å². The van der Waals surface area contributed by atoms with Crippen molar-refractivity contribution in [3.63, 3.8) is 0 Å². The summed E-state index contributed by atoms with van der Waals surface area (Å²) in [4.78, 5) is 28.7. The average molecular weight is 414 g/mol. The zero-order valence-corrected chi connectivity index (χ0v) is 18.2. The second-order valence-corrected chi connectivity index (χ2v) is 9.37. The number of nitrogens with zero attached hydrogens (tertiary/aromatic N) is 2. The molecule has 0 unspecified atom stereocenters. The molecule has 27 heavy (non-hydrogen) atoms. The van der Waals surface area contributed by atoms with Gasteiger partial charge in [-0.25, -0.2) is 4.79 Å². The van der Waals surface area contributed by atoms with Gasteiger partial charge >= 0.3 is 6.03 Å². The van der Waals surface area contributed by atoms with E-state index in [0.717, 1.165) is 44.4 Å². The molecular weight excluding hydrogens is 382 g/mol. The van der Waals surface area contributed by atoms with Crippen LogP contribution in [0.4, 0.5) is 4.79 Å². The van der Waals surface area contributed by atoms with Crippen molar-refractivity contribution in [2.75, 3.05) is 13.1 Å². The number of rotatable bonds is 5. The molecule has 0 bridgehead atoms. The fourth-order valence-corrected chi connectivity index (χ4v) is 4.77. The minimum atomic E-state index is -0.0890. The molecule has 2 rings (SSSR count). The van der Waals surface area contributed by atoms with Gasteiger partial charge in [0, 0.05) is 32.1 Å². The van der Waals surface area contributed by atoms with E-state index in [-0.39, 0.29) is 24.0 Å². The van der Waals surface area contributed by atoms with Gasteiger partial charge in [-0.05, 0) is 51.4 Å². The summed E-state index contributed by atoms with van der Waals surface area (Å²) in [6, 6.07) is 0.327. The molecule has 0 aromatic heterocycles. The van der Waals surface area contributed by atoms with Gasteiger partial charge in [0.2, 0.25) is 5.91 Å². The zero-order valence-electron chi connectivity index (χ0n) is 16.7. The number of halogens is 1. The third-order valence-corrected chi connectivity index (χ3v) is 6.84. The molecule has 3 amide bonds. The van der Waals surface area contributed by atoms with Crippen molar-refractivity contribution in [2.45, 2.75) is 71.4 Å². The Bertz CT molecular complexity index is 580. The number of urea groups is 1. The number of carbonyl (C=O) groups excluding carboxylic acids is 2. The Labute approximate surface area is 172 Å². The van der Waals surface area contributed by atoms with E-state index in [2.05, 4.69) is 18.8 Å². The van der Waals surface area contributed by atoms with Crippen molar-refractivity contribution in [1.82, 2.24) is 15.1 Å². The van der Waals surface area contributed by atoms with Gasteiger partial charge in [-0.1, -0.05) is 42.9 Å². The molecule has 0 atom stereocenters. The largest absolute Gasteiger partial charge is 0.343 e. The van der Waals surface area contributed by atoms with Crippen LogP contribution in [0.5, 0.6) is 0 Å². The zero-order chi connectivity index (χ0) is 20.0. The van der Waals surface area contributed by atoms with E-state index in [9.17, 15) is 9.59 Å². The molecule has 1 saturated heterocycles. The van der Waals surface area contributed by atoms with Crippen molar-refractivity contribution in [3.05, 3.63) is 22.0 Å². The predicted molar refractivity (Wildman–Crippen MR) is 113 cm³/mol. The summed E-state index contributed by atoms with van der Waals surface area (Å²) in [5.41, 5.74) is 0. The van der Waals surface area contributed by atoms with Gasteiger partial charge in [-0.15, -0.1) is 0 Å². The number of nitrogens with one attached hydrogen (secondary N) is 1. The number of likely N-dealkylation sites (tertiary alicyclic amines) is 1. The molecule has 7 heteroatoms. The molecule has 0 aromatic carbocycles. The Morgan fingerprint density at radius 1 is 1.15 bits per heavy atom. The van der Waals surface area contributed by atoms with Crippen LogP contribution < -0.4 is 5.32 Å². The molecule has 2 aliphatic rings. The summed E-state index contributed by atoms with van der Waals surface area (Å²) < 4.78 is 0.591. The third kappa shape index (κ3) is 6.46. The lowest BCUT2D eigenvalue weighted by atomic mass is 9.85. The minimum absolute atomic E-state index is 0.0890. The molecule has 152 valence electrons. The second kappa shape index (κ2) is 10.4. The molecule has 2 fully saturated rings. The van der Waals surface area contributed by atoms with E-state index in [0.29, 0.717) is 22.5 Å². The monoisotopic (exact) mass is 413 g/mol. The molecule has 1 aliphatic carbocycles. The smallest absolute Gasteiger partial charge is 0.322 e. The second-order valence-electron chi connectivity index (χ2n) is 7.61. The van der Waals surface area contributed by atoms with Crippen molar-refractivity contribution >= 4 is 35.3 Å². The minimum Gasteiger partial charge on any atom is -0.343 e. The number of amides is 3. The van der Waals surface area contributed by atoms with Crippen LogP contribution in [0.2, 0.25) is 0 Å². The molecule has 1 saturated carbocycles. The maximum atomic E-state index is 13.1. The highest BCUT2D eigenvalue weighted by atomic mass is 35.5. The first-order valence-corrected chi connectivity index (χ1v) is 11.0. The molecule has 1 N–H and O–H groups in total. The number of thioether (sulfide) groups is 1. The van der Waals surface area contributed by atoms with Gasteiger partial charge in [-0.2, -0.15) is 0 Å². The van der Waals surface area contributed by atoms with E-state index in [1.807, 2.05) is 16.7 Å². The summed E-state index contributed by atoms with van der Waals surface area (Å²) in [6.07, 6.45) is 7.82. The van der Waals surface area contributed by atoms with E-state index < -0.39 is 0 Å². The first-order chi connectivity index (χ1) is 12.8. The Balaban J connectivity index is 2.06. The van der Waals surface area contributed by atoms with Gasteiger partial charge in [0.25, 0.3) is 0 Å². The summed E-state index contributed by atoms with van der Waals surface area (Å²) in [7, 11) is 0. The van der Waals surface area contributed by atoms with Crippen LogP contribution in [0.25, 0.3) is 0 Å². The number of hydrogen-bond donors (Lipinski definition) is 1. The maximum Gasteiger partial charge on any atom is 0.322 e. The molecule has 1 heterocycles. The molecule has 5 nitrogen and oxygen atoms in total. The quantitative estimate of drug-likeness (QED) is 0.697. The van der Waals surface area contributed by atoms with Crippen LogP contribution in [0, 0.1) is 5.92 Å². The lowest BCUT2D eigenvalue weighted by Crippen LogP contribution is -2.55. The highest BCUT2D eigenvalue weighted by molar-refractivity contribution is 8.08. The van der Waals surface area contributed by atoms with E-state index in [1.165, 1.54) is 11.8 Å². The summed E-state index contributed by atoms with van der Waals surface area (Å²) in [5.74, 6) is 0.839. The number of allylic oxidation sites excluding steroid dienone is 1. The number of hydrogen-bond acceptors (Lipinski definition) is 3. The highest BCUT2D eigenvalue weighted by Crippen LogP contribution is 2.32. The van der Waals surface area contributed by atoms with Crippen LogP contribution in [-0.4, -0.2) is 46.9 Å². The Hall–Kier alpha value is -1.14. The Kier molecular flexibility index (Phi) is 8.55. The topological polar surface area (TPSA) is 52.7 Å². The van der Waals surface area contributed by atoms with Gasteiger partial charge < -0.3 is 15.1 Å². The SMILES string of the molecule is C=C(NC(=O)N(C1CCC(C)CC1)C1CCN(C(C)=O)CC1)S/C(Cl)=C\C. The Morgan fingerprint density at radius 3 is 2.22 bits per heavy atom. The van der Waals surface area contributed by atoms with Gasteiger partial charge in [0.15, 0.2) is 0 Å². The van der Waals surface area contributed by atoms with Gasteiger partial charge in [-0.3, -0.25) is 4.79 Å². The van der Waals surface area contributed by atoms with E-state index >= 15 is 0 Å². The Morgan fingerprint density at radius 2 is 1.70 bits per heavy atom. The normalized spacial score (nSPS) is 24.4. The molecule has 1 aliphatic heterocycles. The first-order valence-electron chi connectivity index (χ1n) is 9.85. The fourth-order valence-electron chi connectivity index (χ4n) is 4.00. The maximum absolute atomic E-state index is 13.1. The molecular formula is C20H32ClN3O2S. The van der Waals surface area contributed by atoms with Crippen LogP contribution in [-0.2, 0) is 4.79 Å². The van der Waals surface area contributed by atoms with Crippen molar-refractivity contribution < 1.29 is 9.59 Å². The van der Waals surface area contributed by atoms with Gasteiger partial charge in [0.1, 0.15) is 0 Å². The number of carbonyl (C=O) groups is 2. The molecule has 0 aromatic rings. The highest BCUT2D eigenvalue weighted by Gasteiger charge is 2.35. The summed E-state index contributed by atoms with van der Waals surface area (Å²) in [5, 5.41) is 3.47. The lowest BCUT2D eigenvalue weighted by molar-refractivity contribution is -0.130. The molecule has 0 spiro atoms. The van der Waals surface area contributed by atoms with Crippen molar-refractivity contribution in [3.8, 4) is 0 Å². The third-order valence-electron chi connectivity index (χ3n) is 5.61. The summed E-state index contributed by atoms with van der Waals surface area (Å²) >= 11 is 7.31. The van der Waals surface area contributed by atoms with Crippen LogP contribution in [0.1, 0.15) is 59.3 Å². The molecule has 0 radical (unpaired) electrons. The lowest BCUT2D eigenvalue weighted by Gasteiger charge is -2.44. The van der Waals surface area contributed by atoms with Gasteiger partial charge in [0.05, 0.1) is 9.39 Å². The average Bonchev–Trinajstić information content (AvgIpc) is 2.63. The van der Waals surface area contributed by atoms with Crippen LogP contribution >= 0.6 is 23.4 Å². The standard InChI is InChI=1S/C20H32ClN3O2S/c1-5-19(21)27-15(3)22-20(26)24(17-8-6-14(2)7-9-17)18-10-12-23(13-11-18)16(4)25/h5,14,17-18H,3,6-13H2,1-2,4H3,(H,22,26)/b19-5-. The van der Waals surface area contributed by atoms with Crippen molar-refractivity contribution in [2.24, 2.45) is 5.92 Å². The van der Waals surface area contributed by atoms with Crippen LogP contribution in [0.3, 0.4) is 0 Å². The first kappa shape index (κ1) is 22.2. The van der Waals surface area contributed by atoms with Crippen molar-refractivity contribution in [1.29, 1.82) is 0 Å².